The van der Waals surface area contributed by atoms with Gasteiger partial charge < -0.3 is 10.5 Å². The van der Waals surface area contributed by atoms with Gasteiger partial charge in [0.2, 0.25) is 0 Å². The zero-order valence-corrected chi connectivity index (χ0v) is 10.7. The molecule has 0 radical (unpaired) electrons. The van der Waals surface area contributed by atoms with Gasteiger partial charge in [0, 0.05) is 0 Å². The minimum absolute atomic E-state index is 0. The Labute approximate surface area is 112 Å². The lowest BCUT2D eigenvalue weighted by Crippen LogP contribution is -2.23. The highest BCUT2D eigenvalue weighted by Crippen LogP contribution is 2.35. The number of halogens is 5. The number of benzene rings is 1. The molecule has 1 aromatic carbocycles. The van der Waals surface area contributed by atoms with Gasteiger partial charge >= 0.3 is 12.1 Å². The smallest absolute Gasteiger partial charge is 0.417 e. The number of hydrogen-bond acceptors (Lipinski definition) is 3. The Kier molecular flexibility index (Phi) is 5.92. The van der Waals surface area contributed by atoms with Gasteiger partial charge in [-0.05, 0) is 17.7 Å². The molecule has 0 aliphatic rings. The first kappa shape index (κ1) is 17.0. The van der Waals surface area contributed by atoms with E-state index in [4.69, 9.17) is 17.3 Å². The van der Waals surface area contributed by atoms with Gasteiger partial charge in [-0.2, -0.15) is 13.2 Å². The SMILES string of the molecule is COC(=O)C(N)c1ccc(Cl)c(C(F)(F)F)c1.Cl. The van der Waals surface area contributed by atoms with Crippen molar-refractivity contribution in [3.63, 3.8) is 0 Å². The number of ether oxygens (including phenoxy) is 1. The molecular weight excluding hydrogens is 294 g/mol. The first-order chi connectivity index (χ1) is 7.77. The van der Waals surface area contributed by atoms with E-state index < -0.39 is 28.8 Å². The summed E-state index contributed by atoms with van der Waals surface area (Å²) in [7, 11) is 1.10. The Morgan fingerprint density at radius 1 is 1.44 bits per heavy atom. The summed E-state index contributed by atoms with van der Waals surface area (Å²) in [4.78, 5) is 11.1. The van der Waals surface area contributed by atoms with E-state index in [0.29, 0.717) is 0 Å². The molecule has 2 N–H and O–H groups in total. The van der Waals surface area contributed by atoms with Crippen LogP contribution in [0.2, 0.25) is 5.02 Å². The molecule has 0 amide bonds. The molecule has 0 saturated heterocycles. The van der Waals surface area contributed by atoms with Crippen LogP contribution in [0.3, 0.4) is 0 Å². The Morgan fingerprint density at radius 2 is 2.00 bits per heavy atom. The summed E-state index contributed by atoms with van der Waals surface area (Å²) in [6.07, 6.45) is -4.59. The van der Waals surface area contributed by atoms with Crippen LogP contribution in [-0.2, 0) is 15.7 Å². The molecular formula is C10H10Cl2F3NO2. The number of carbonyl (C=O) groups is 1. The fourth-order valence-electron chi connectivity index (χ4n) is 1.22. The lowest BCUT2D eigenvalue weighted by atomic mass is 10.0. The molecule has 0 fully saturated rings. The molecule has 0 bridgehead atoms. The van der Waals surface area contributed by atoms with Crippen LogP contribution in [0.4, 0.5) is 13.2 Å². The second kappa shape index (κ2) is 6.26. The second-order valence-electron chi connectivity index (χ2n) is 3.24. The van der Waals surface area contributed by atoms with Crippen LogP contribution in [0.1, 0.15) is 17.2 Å². The average Bonchev–Trinajstić information content (AvgIpc) is 2.26. The summed E-state index contributed by atoms with van der Waals surface area (Å²) in [5, 5.41) is -0.446. The van der Waals surface area contributed by atoms with Gasteiger partial charge in [-0.1, -0.05) is 17.7 Å². The topological polar surface area (TPSA) is 52.3 Å². The molecule has 0 saturated carbocycles. The van der Waals surface area contributed by atoms with Crippen molar-refractivity contribution in [2.45, 2.75) is 12.2 Å². The largest absolute Gasteiger partial charge is 0.468 e. The Morgan fingerprint density at radius 3 is 2.44 bits per heavy atom. The lowest BCUT2D eigenvalue weighted by Gasteiger charge is -2.14. The standard InChI is InChI=1S/C10H9ClF3NO2.ClH/c1-17-9(16)8(15)5-2-3-7(11)6(4-5)10(12,13)14;/h2-4,8H,15H2,1H3;1H. The Bertz CT molecular complexity index is 438. The maximum atomic E-state index is 12.5. The molecule has 18 heavy (non-hydrogen) atoms. The summed E-state index contributed by atoms with van der Waals surface area (Å²) in [6.45, 7) is 0. The minimum Gasteiger partial charge on any atom is -0.468 e. The maximum Gasteiger partial charge on any atom is 0.417 e. The number of esters is 1. The molecule has 1 rings (SSSR count). The van der Waals surface area contributed by atoms with Crippen molar-refractivity contribution < 1.29 is 22.7 Å². The van der Waals surface area contributed by atoms with Crippen LogP contribution in [0.25, 0.3) is 0 Å². The summed E-state index contributed by atoms with van der Waals surface area (Å²) >= 11 is 5.42. The second-order valence-corrected chi connectivity index (χ2v) is 3.65. The van der Waals surface area contributed by atoms with Crippen molar-refractivity contribution in [2.24, 2.45) is 5.73 Å². The van der Waals surface area contributed by atoms with Gasteiger partial charge in [0.25, 0.3) is 0 Å². The first-order valence-corrected chi connectivity index (χ1v) is 4.85. The lowest BCUT2D eigenvalue weighted by molar-refractivity contribution is -0.142. The van der Waals surface area contributed by atoms with Crippen molar-refractivity contribution in [3.05, 3.63) is 34.3 Å². The number of carbonyl (C=O) groups excluding carboxylic acids is 1. The maximum absolute atomic E-state index is 12.5. The van der Waals surface area contributed by atoms with Crippen LogP contribution < -0.4 is 5.73 Å². The zero-order valence-electron chi connectivity index (χ0n) is 9.12. The zero-order chi connectivity index (χ0) is 13.2. The molecule has 102 valence electrons. The minimum atomic E-state index is -4.59. The molecule has 0 aromatic heterocycles. The van der Waals surface area contributed by atoms with E-state index in [9.17, 15) is 18.0 Å². The monoisotopic (exact) mass is 303 g/mol. The molecule has 0 aliphatic carbocycles. The molecule has 1 atom stereocenters. The predicted molar refractivity (Wildman–Crippen MR) is 62.6 cm³/mol. The van der Waals surface area contributed by atoms with E-state index >= 15 is 0 Å². The van der Waals surface area contributed by atoms with E-state index in [0.717, 1.165) is 19.2 Å². The molecule has 0 spiro atoms. The Hall–Kier alpha value is -0.980. The molecule has 1 unspecified atom stereocenters. The van der Waals surface area contributed by atoms with Gasteiger partial charge in [-0.25, -0.2) is 0 Å². The van der Waals surface area contributed by atoms with Crippen molar-refractivity contribution >= 4 is 30.0 Å². The van der Waals surface area contributed by atoms with Crippen LogP contribution in [0.5, 0.6) is 0 Å². The van der Waals surface area contributed by atoms with Gasteiger partial charge in [0.05, 0.1) is 17.7 Å². The molecule has 0 aliphatic heterocycles. The highest BCUT2D eigenvalue weighted by Gasteiger charge is 2.34. The summed E-state index contributed by atoms with van der Waals surface area (Å²) in [5.41, 5.74) is 4.39. The quantitative estimate of drug-likeness (QED) is 0.855. The third-order valence-electron chi connectivity index (χ3n) is 2.11. The molecule has 1 aromatic rings. The summed E-state index contributed by atoms with van der Waals surface area (Å²) in [5.74, 6) is -0.819. The van der Waals surface area contributed by atoms with Crippen molar-refractivity contribution in [1.29, 1.82) is 0 Å². The van der Waals surface area contributed by atoms with E-state index in [2.05, 4.69) is 4.74 Å². The number of hydrogen-bond donors (Lipinski definition) is 1. The average molecular weight is 304 g/mol. The van der Waals surface area contributed by atoms with Gasteiger partial charge in [-0.15, -0.1) is 12.4 Å². The van der Waals surface area contributed by atoms with Gasteiger partial charge in [0.15, 0.2) is 0 Å². The fourth-order valence-corrected chi connectivity index (χ4v) is 1.44. The highest BCUT2D eigenvalue weighted by molar-refractivity contribution is 6.31. The van der Waals surface area contributed by atoms with Crippen molar-refractivity contribution in [1.82, 2.24) is 0 Å². The van der Waals surface area contributed by atoms with Crippen LogP contribution in [0, 0.1) is 0 Å². The van der Waals surface area contributed by atoms with E-state index in [1.165, 1.54) is 6.07 Å². The van der Waals surface area contributed by atoms with E-state index in [1.807, 2.05) is 0 Å². The van der Waals surface area contributed by atoms with Gasteiger partial charge in [0.1, 0.15) is 6.04 Å². The fraction of sp³-hybridized carbons (Fsp3) is 0.300. The number of rotatable bonds is 2. The third kappa shape index (κ3) is 3.76. The number of alkyl halides is 3. The number of nitrogens with two attached hydrogens (primary N) is 1. The normalized spacial score (nSPS) is 12.6. The predicted octanol–water partition coefficient (Wildman–Crippen LogP) is 2.95. The first-order valence-electron chi connectivity index (χ1n) is 4.47. The highest BCUT2D eigenvalue weighted by atomic mass is 35.5. The van der Waals surface area contributed by atoms with Crippen LogP contribution in [0.15, 0.2) is 18.2 Å². The summed E-state index contributed by atoms with van der Waals surface area (Å²) in [6, 6.07) is 1.77. The molecule has 3 nitrogen and oxygen atoms in total. The van der Waals surface area contributed by atoms with Crippen LogP contribution in [-0.4, -0.2) is 13.1 Å². The third-order valence-corrected chi connectivity index (χ3v) is 2.44. The van der Waals surface area contributed by atoms with E-state index in [1.54, 1.807) is 0 Å². The van der Waals surface area contributed by atoms with Crippen molar-refractivity contribution in [2.75, 3.05) is 7.11 Å². The molecule has 0 heterocycles. The Balaban J connectivity index is 0.00000289. The number of methoxy groups -OCH3 is 1. The van der Waals surface area contributed by atoms with E-state index in [-0.39, 0.29) is 18.0 Å². The van der Waals surface area contributed by atoms with Crippen molar-refractivity contribution in [3.8, 4) is 0 Å². The molecule has 8 heteroatoms. The summed E-state index contributed by atoms with van der Waals surface area (Å²) < 4.78 is 41.9. The van der Waals surface area contributed by atoms with Crippen LogP contribution >= 0.6 is 24.0 Å². The van der Waals surface area contributed by atoms with Gasteiger partial charge in [-0.3, -0.25) is 4.79 Å².